The molecular formula is C16H25ClN2O2. The predicted octanol–water partition coefficient (Wildman–Crippen LogP) is 3.14. The summed E-state index contributed by atoms with van der Waals surface area (Å²) in [6.07, 6.45) is 5.33. The van der Waals surface area contributed by atoms with Gasteiger partial charge in [0.1, 0.15) is 0 Å². The van der Waals surface area contributed by atoms with Gasteiger partial charge in [-0.15, -0.1) is 0 Å². The minimum absolute atomic E-state index is 0.0392. The Labute approximate surface area is 131 Å². The van der Waals surface area contributed by atoms with Crippen LogP contribution in [0.4, 0.5) is 0 Å². The molecule has 0 aromatic heterocycles. The second kappa shape index (κ2) is 7.87. The van der Waals surface area contributed by atoms with Gasteiger partial charge in [0.2, 0.25) is 0 Å². The summed E-state index contributed by atoms with van der Waals surface area (Å²) in [5, 5.41) is 4.08. The zero-order valence-corrected chi connectivity index (χ0v) is 13.6. The van der Waals surface area contributed by atoms with Gasteiger partial charge in [0.05, 0.1) is 19.2 Å². The van der Waals surface area contributed by atoms with Crippen molar-refractivity contribution >= 4 is 11.6 Å². The summed E-state index contributed by atoms with van der Waals surface area (Å²) in [4.78, 5) is 0. The van der Waals surface area contributed by atoms with Gasteiger partial charge in [-0.05, 0) is 30.5 Å². The molecule has 1 fully saturated rings. The molecule has 1 saturated carbocycles. The molecule has 1 unspecified atom stereocenters. The van der Waals surface area contributed by atoms with Crippen molar-refractivity contribution in [1.82, 2.24) is 5.32 Å². The Balaban J connectivity index is 2.05. The highest BCUT2D eigenvalue weighted by molar-refractivity contribution is 6.33. The average molecular weight is 313 g/mol. The number of rotatable bonds is 8. The van der Waals surface area contributed by atoms with Gasteiger partial charge in [-0.2, -0.15) is 0 Å². The highest BCUT2D eigenvalue weighted by Gasteiger charge is 2.21. The standard InChI is InChI=1S/C16H25ClN2O2/c1-20-14-7-6-12(15(17)16(14)21-2)13(10-18)19-9-8-11-4-3-5-11/h6-7,11,13,19H,3-5,8-10,18H2,1-2H3. The molecule has 0 bridgehead atoms. The van der Waals surface area contributed by atoms with Gasteiger partial charge in [0, 0.05) is 12.6 Å². The summed E-state index contributed by atoms with van der Waals surface area (Å²) in [5.41, 5.74) is 6.87. The van der Waals surface area contributed by atoms with Gasteiger partial charge in [-0.3, -0.25) is 0 Å². The highest BCUT2D eigenvalue weighted by Crippen LogP contribution is 2.39. The predicted molar refractivity (Wildman–Crippen MR) is 86.3 cm³/mol. The van der Waals surface area contributed by atoms with Crippen LogP contribution in [0.25, 0.3) is 0 Å². The fourth-order valence-electron chi connectivity index (χ4n) is 2.74. The molecule has 0 amide bonds. The lowest BCUT2D eigenvalue weighted by Gasteiger charge is -2.27. The summed E-state index contributed by atoms with van der Waals surface area (Å²) in [7, 11) is 3.19. The third-order valence-corrected chi connectivity index (χ3v) is 4.68. The van der Waals surface area contributed by atoms with E-state index in [1.165, 1.54) is 25.7 Å². The highest BCUT2D eigenvalue weighted by atomic mass is 35.5. The zero-order chi connectivity index (χ0) is 15.2. The molecular weight excluding hydrogens is 288 g/mol. The summed E-state index contributed by atoms with van der Waals surface area (Å²) in [5.74, 6) is 2.09. The maximum Gasteiger partial charge on any atom is 0.179 e. The Morgan fingerprint density at radius 2 is 2.10 bits per heavy atom. The van der Waals surface area contributed by atoms with Crippen LogP contribution in [0.15, 0.2) is 12.1 Å². The smallest absolute Gasteiger partial charge is 0.179 e. The fourth-order valence-corrected chi connectivity index (χ4v) is 3.10. The van der Waals surface area contributed by atoms with Gasteiger partial charge in [-0.1, -0.05) is 36.9 Å². The summed E-state index contributed by atoms with van der Waals surface area (Å²) < 4.78 is 10.6. The lowest BCUT2D eigenvalue weighted by atomic mass is 9.83. The van der Waals surface area contributed by atoms with E-state index in [-0.39, 0.29) is 6.04 Å². The van der Waals surface area contributed by atoms with E-state index in [1.54, 1.807) is 14.2 Å². The molecule has 1 aromatic rings. The van der Waals surface area contributed by atoms with Crippen LogP contribution in [0.5, 0.6) is 11.5 Å². The van der Waals surface area contributed by atoms with Crippen molar-refractivity contribution in [2.45, 2.75) is 31.7 Å². The molecule has 5 heteroatoms. The molecule has 0 radical (unpaired) electrons. The van der Waals surface area contributed by atoms with Crippen LogP contribution >= 0.6 is 11.6 Å². The molecule has 1 atom stereocenters. The molecule has 1 aromatic carbocycles. The van der Waals surface area contributed by atoms with Crippen LogP contribution in [-0.2, 0) is 0 Å². The van der Waals surface area contributed by atoms with Crippen LogP contribution < -0.4 is 20.5 Å². The number of nitrogens with two attached hydrogens (primary N) is 1. The van der Waals surface area contributed by atoms with E-state index < -0.39 is 0 Å². The molecule has 118 valence electrons. The van der Waals surface area contributed by atoms with Crippen LogP contribution in [0.3, 0.4) is 0 Å². The lowest BCUT2D eigenvalue weighted by molar-refractivity contribution is 0.287. The Hall–Kier alpha value is -0.970. The zero-order valence-electron chi connectivity index (χ0n) is 12.8. The van der Waals surface area contributed by atoms with Crippen LogP contribution in [0.1, 0.15) is 37.3 Å². The lowest BCUT2D eigenvalue weighted by Crippen LogP contribution is -2.31. The van der Waals surface area contributed by atoms with Crippen molar-refractivity contribution in [3.63, 3.8) is 0 Å². The van der Waals surface area contributed by atoms with E-state index in [9.17, 15) is 0 Å². The van der Waals surface area contributed by atoms with Gasteiger partial charge < -0.3 is 20.5 Å². The van der Waals surface area contributed by atoms with E-state index in [1.807, 2.05) is 12.1 Å². The number of hydrogen-bond acceptors (Lipinski definition) is 4. The Kier molecular flexibility index (Phi) is 6.15. The first kappa shape index (κ1) is 16.4. The third-order valence-electron chi connectivity index (χ3n) is 4.29. The summed E-state index contributed by atoms with van der Waals surface area (Å²) in [6, 6.07) is 3.87. The monoisotopic (exact) mass is 312 g/mol. The van der Waals surface area contributed by atoms with Crippen molar-refractivity contribution in [3.05, 3.63) is 22.7 Å². The van der Waals surface area contributed by atoms with Crippen LogP contribution in [0, 0.1) is 5.92 Å². The number of hydrogen-bond donors (Lipinski definition) is 2. The Bertz CT molecular complexity index is 464. The van der Waals surface area contributed by atoms with E-state index in [2.05, 4.69) is 5.32 Å². The number of nitrogens with one attached hydrogen (secondary N) is 1. The number of ether oxygens (including phenoxy) is 2. The normalized spacial score (nSPS) is 16.4. The van der Waals surface area contributed by atoms with Crippen molar-refractivity contribution in [1.29, 1.82) is 0 Å². The van der Waals surface area contributed by atoms with Crippen molar-refractivity contribution in [2.75, 3.05) is 27.3 Å². The SMILES string of the molecule is COc1ccc(C(CN)NCCC2CCC2)c(Cl)c1OC. The molecule has 0 aliphatic heterocycles. The topological polar surface area (TPSA) is 56.5 Å². The molecule has 4 nitrogen and oxygen atoms in total. The first-order chi connectivity index (χ1) is 10.2. The van der Waals surface area contributed by atoms with E-state index in [4.69, 9.17) is 26.8 Å². The van der Waals surface area contributed by atoms with E-state index in [0.29, 0.717) is 23.1 Å². The van der Waals surface area contributed by atoms with Crippen molar-refractivity contribution < 1.29 is 9.47 Å². The van der Waals surface area contributed by atoms with Crippen LogP contribution in [-0.4, -0.2) is 27.3 Å². The molecule has 0 spiro atoms. The quantitative estimate of drug-likeness (QED) is 0.774. The molecule has 1 aliphatic carbocycles. The van der Waals surface area contributed by atoms with Crippen LogP contribution in [0.2, 0.25) is 5.02 Å². The summed E-state index contributed by atoms with van der Waals surface area (Å²) in [6.45, 7) is 1.47. The number of benzene rings is 1. The van der Waals surface area contributed by atoms with Gasteiger partial charge in [0.25, 0.3) is 0 Å². The Morgan fingerprint density at radius 3 is 2.62 bits per heavy atom. The second-order valence-corrected chi connectivity index (χ2v) is 5.91. The van der Waals surface area contributed by atoms with Crippen molar-refractivity contribution in [2.24, 2.45) is 11.7 Å². The first-order valence-electron chi connectivity index (χ1n) is 7.55. The maximum atomic E-state index is 6.45. The molecule has 21 heavy (non-hydrogen) atoms. The third kappa shape index (κ3) is 3.82. The fraction of sp³-hybridized carbons (Fsp3) is 0.625. The Morgan fingerprint density at radius 1 is 1.33 bits per heavy atom. The maximum absolute atomic E-state index is 6.45. The first-order valence-corrected chi connectivity index (χ1v) is 7.92. The van der Waals surface area contributed by atoms with Crippen molar-refractivity contribution in [3.8, 4) is 11.5 Å². The second-order valence-electron chi connectivity index (χ2n) is 5.53. The van der Waals surface area contributed by atoms with E-state index >= 15 is 0 Å². The largest absolute Gasteiger partial charge is 0.493 e. The molecule has 1 aliphatic rings. The molecule has 3 N–H and O–H groups in total. The van der Waals surface area contributed by atoms with Gasteiger partial charge >= 0.3 is 0 Å². The number of methoxy groups -OCH3 is 2. The number of halogens is 1. The average Bonchev–Trinajstić information content (AvgIpc) is 2.46. The summed E-state index contributed by atoms with van der Waals surface area (Å²) >= 11 is 6.45. The van der Waals surface area contributed by atoms with Gasteiger partial charge in [0.15, 0.2) is 11.5 Å². The minimum atomic E-state index is 0.0392. The molecule has 0 saturated heterocycles. The molecule has 2 rings (SSSR count). The van der Waals surface area contributed by atoms with E-state index in [0.717, 1.165) is 18.0 Å². The minimum Gasteiger partial charge on any atom is -0.493 e. The van der Waals surface area contributed by atoms with Gasteiger partial charge in [-0.25, -0.2) is 0 Å². The molecule has 0 heterocycles.